The van der Waals surface area contributed by atoms with Crippen LogP contribution in [0, 0.1) is 5.82 Å². The van der Waals surface area contributed by atoms with Gasteiger partial charge in [-0.2, -0.15) is 0 Å². The minimum atomic E-state index is -0.394. The molecule has 0 fully saturated rings. The third-order valence-corrected chi connectivity index (χ3v) is 3.17. The van der Waals surface area contributed by atoms with Gasteiger partial charge in [0.1, 0.15) is 5.82 Å². The van der Waals surface area contributed by atoms with Gasteiger partial charge in [-0.15, -0.1) is 0 Å². The molecule has 1 aromatic heterocycles. The molecule has 0 atom stereocenters. The first-order valence-corrected chi connectivity index (χ1v) is 6.57. The van der Waals surface area contributed by atoms with Crippen molar-refractivity contribution in [1.82, 2.24) is 10.3 Å². The summed E-state index contributed by atoms with van der Waals surface area (Å²) < 4.78 is 13.9. The second-order valence-electron chi connectivity index (χ2n) is 3.82. The van der Waals surface area contributed by atoms with Crippen LogP contribution < -0.4 is 5.32 Å². The Labute approximate surface area is 118 Å². The van der Waals surface area contributed by atoms with Crippen molar-refractivity contribution in [3.8, 4) is 0 Å². The summed E-state index contributed by atoms with van der Waals surface area (Å²) in [4.78, 5) is 4.25. The van der Waals surface area contributed by atoms with Crippen LogP contribution in [0.25, 0.3) is 0 Å². The van der Waals surface area contributed by atoms with Crippen LogP contribution in [0.2, 0.25) is 5.02 Å². The maximum Gasteiger partial charge on any atom is 0.141 e. The quantitative estimate of drug-likeness (QED) is 0.919. The van der Waals surface area contributed by atoms with Gasteiger partial charge in [0.25, 0.3) is 0 Å². The zero-order valence-corrected chi connectivity index (χ0v) is 11.8. The van der Waals surface area contributed by atoms with Gasteiger partial charge in [-0.05, 0) is 45.8 Å². The van der Waals surface area contributed by atoms with Crippen LogP contribution in [-0.2, 0) is 13.1 Å². The lowest BCUT2D eigenvalue weighted by Crippen LogP contribution is -2.13. The van der Waals surface area contributed by atoms with Crippen molar-refractivity contribution < 1.29 is 4.39 Å². The smallest absolute Gasteiger partial charge is 0.141 e. The van der Waals surface area contributed by atoms with Crippen LogP contribution in [0.3, 0.4) is 0 Å². The summed E-state index contributed by atoms with van der Waals surface area (Å²) in [6.07, 6.45) is 1.76. The molecule has 0 saturated heterocycles. The Morgan fingerprint density at radius 2 is 2.06 bits per heavy atom. The number of halogens is 3. The van der Waals surface area contributed by atoms with E-state index in [1.165, 1.54) is 6.07 Å². The normalized spacial score (nSPS) is 10.6. The van der Waals surface area contributed by atoms with Crippen LogP contribution >= 0.6 is 27.5 Å². The monoisotopic (exact) mass is 328 g/mol. The molecule has 0 unspecified atom stereocenters. The standard InChI is InChI=1S/C13H11BrClFN2/c14-10-2-3-11(18-7-10)8-17-6-9-1-4-13(16)12(15)5-9/h1-5,7,17H,6,8H2. The summed E-state index contributed by atoms with van der Waals surface area (Å²) in [6, 6.07) is 8.59. The molecule has 18 heavy (non-hydrogen) atoms. The van der Waals surface area contributed by atoms with E-state index in [2.05, 4.69) is 26.2 Å². The van der Waals surface area contributed by atoms with Gasteiger partial charge in [0, 0.05) is 23.8 Å². The SMILES string of the molecule is Fc1ccc(CNCc2ccc(Br)cn2)cc1Cl. The average molecular weight is 330 g/mol. The molecular formula is C13H11BrClFN2. The van der Waals surface area contributed by atoms with Crippen LogP contribution in [0.4, 0.5) is 4.39 Å². The van der Waals surface area contributed by atoms with Gasteiger partial charge in [0.05, 0.1) is 10.7 Å². The van der Waals surface area contributed by atoms with Crippen molar-refractivity contribution in [3.05, 3.63) is 63.1 Å². The number of aromatic nitrogens is 1. The lowest BCUT2D eigenvalue weighted by Gasteiger charge is -2.05. The van der Waals surface area contributed by atoms with E-state index in [4.69, 9.17) is 11.6 Å². The van der Waals surface area contributed by atoms with Gasteiger partial charge in [-0.1, -0.05) is 17.7 Å². The summed E-state index contributed by atoms with van der Waals surface area (Å²) >= 11 is 9.04. The molecule has 2 aromatic rings. The number of rotatable bonds is 4. The van der Waals surface area contributed by atoms with Crippen LogP contribution in [-0.4, -0.2) is 4.98 Å². The molecule has 94 valence electrons. The highest BCUT2D eigenvalue weighted by Crippen LogP contribution is 2.15. The first-order chi connectivity index (χ1) is 8.65. The van der Waals surface area contributed by atoms with Gasteiger partial charge < -0.3 is 5.32 Å². The van der Waals surface area contributed by atoms with Gasteiger partial charge >= 0.3 is 0 Å². The molecule has 0 aliphatic carbocycles. The molecule has 0 radical (unpaired) electrons. The number of pyridine rings is 1. The second-order valence-corrected chi connectivity index (χ2v) is 5.14. The Morgan fingerprint density at radius 3 is 2.72 bits per heavy atom. The maximum atomic E-state index is 13.0. The van der Waals surface area contributed by atoms with E-state index in [0.717, 1.165) is 15.7 Å². The highest BCUT2D eigenvalue weighted by Gasteiger charge is 2.01. The van der Waals surface area contributed by atoms with Gasteiger partial charge in [0.2, 0.25) is 0 Å². The third-order valence-electron chi connectivity index (χ3n) is 2.41. The van der Waals surface area contributed by atoms with E-state index in [9.17, 15) is 4.39 Å². The zero-order chi connectivity index (χ0) is 13.0. The summed E-state index contributed by atoms with van der Waals surface area (Å²) in [5, 5.41) is 3.37. The largest absolute Gasteiger partial charge is 0.307 e. The van der Waals surface area contributed by atoms with Crippen molar-refractivity contribution in [2.24, 2.45) is 0 Å². The number of nitrogens with zero attached hydrogens (tertiary/aromatic N) is 1. The number of hydrogen-bond acceptors (Lipinski definition) is 2. The molecule has 0 aliphatic rings. The third kappa shape index (κ3) is 3.77. The molecule has 0 amide bonds. The van der Waals surface area contributed by atoms with E-state index < -0.39 is 5.82 Å². The first kappa shape index (κ1) is 13.5. The Morgan fingerprint density at radius 1 is 1.22 bits per heavy atom. The molecular weight excluding hydrogens is 319 g/mol. The summed E-state index contributed by atoms with van der Waals surface area (Å²) in [6.45, 7) is 1.28. The number of benzene rings is 1. The van der Waals surface area contributed by atoms with Crippen molar-refractivity contribution in [2.75, 3.05) is 0 Å². The molecule has 2 rings (SSSR count). The van der Waals surface area contributed by atoms with E-state index in [-0.39, 0.29) is 5.02 Å². The van der Waals surface area contributed by atoms with E-state index >= 15 is 0 Å². The fourth-order valence-electron chi connectivity index (χ4n) is 1.50. The molecule has 0 bridgehead atoms. The van der Waals surface area contributed by atoms with Crippen molar-refractivity contribution >= 4 is 27.5 Å². The number of nitrogens with one attached hydrogen (secondary N) is 1. The maximum absolute atomic E-state index is 13.0. The minimum Gasteiger partial charge on any atom is -0.307 e. The molecule has 1 aromatic carbocycles. The van der Waals surface area contributed by atoms with E-state index in [1.54, 1.807) is 18.3 Å². The molecule has 0 saturated carbocycles. The van der Waals surface area contributed by atoms with Gasteiger partial charge in [-0.3, -0.25) is 4.98 Å². The molecule has 1 N–H and O–H groups in total. The Kier molecular flexibility index (Phi) is 4.69. The molecule has 0 spiro atoms. The lowest BCUT2D eigenvalue weighted by atomic mass is 10.2. The zero-order valence-electron chi connectivity index (χ0n) is 9.46. The predicted octanol–water partition coefficient (Wildman–Crippen LogP) is 3.93. The Hall–Kier alpha value is -0.970. The molecule has 2 nitrogen and oxygen atoms in total. The fourth-order valence-corrected chi connectivity index (χ4v) is 1.93. The topological polar surface area (TPSA) is 24.9 Å². The molecule has 0 aliphatic heterocycles. The van der Waals surface area contributed by atoms with Crippen molar-refractivity contribution in [1.29, 1.82) is 0 Å². The summed E-state index contributed by atoms with van der Waals surface area (Å²) in [7, 11) is 0. The highest BCUT2D eigenvalue weighted by atomic mass is 79.9. The minimum absolute atomic E-state index is 0.149. The van der Waals surface area contributed by atoms with E-state index in [1.807, 2.05) is 12.1 Å². The summed E-state index contributed by atoms with van der Waals surface area (Å²) in [5.74, 6) is -0.394. The fraction of sp³-hybridized carbons (Fsp3) is 0.154. The van der Waals surface area contributed by atoms with Crippen LogP contribution in [0.15, 0.2) is 41.0 Å². The predicted molar refractivity (Wildman–Crippen MR) is 73.9 cm³/mol. The van der Waals surface area contributed by atoms with Crippen molar-refractivity contribution in [2.45, 2.75) is 13.1 Å². The number of hydrogen-bond donors (Lipinski definition) is 1. The van der Waals surface area contributed by atoms with Crippen LogP contribution in [0.1, 0.15) is 11.3 Å². The average Bonchev–Trinajstić information content (AvgIpc) is 2.36. The summed E-state index contributed by atoms with van der Waals surface area (Å²) in [5.41, 5.74) is 1.89. The first-order valence-electron chi connectivity index (χ1n) is 5.40. The van der Waals surface area contributed by atoms with Crippen LogP contribution in [0.5, 0.6) is 0 Å². The highest BCUT2D eigenvalue weighted by molar-refractivity contribution is 9.10. The van der Waals surface area contributed by atoms with E-state index in [0.29, 0.717) is 13.1 Å². The molecule has 1 heterocycles. The lowest BCUT2D eigenvalue weighted by molar-refractivity contribution is 0.625. The second kappa shape index (κ2) is 6.27. The molecule has 5 heteroatoms. The van der Waals surface area contributed by atoms with Gasteiger partial charge in [0.15, 0.2) is 0 Å². The van der Waals surface area contributed by atoms with Crippen molar-refractivity contribution in [3.63, 3.8) is 0 Å². The Bertz CT molecular complexity index is 531. The van der Waals surface area contributed by atoms with Gasteiger partial charge in [-0.25, -0.2) is 4.39 Å². The Balaban J connectivity index is 1.88.